The monoisotopic (exact) mass is 250 g/mol. The van der Waals surface area contributed by atoms with E-state index < -0.39 is 0 Å². The highest BCUT2D eigenvalue weighted by molar-refractivity contribution is 5.46. The Labute approximate surface area is 108 Å². The molecule has 100 valence electrons. The Morgan fingerprint density at radius 1 is 1.28 bits per heavy atom. The normalized spacial score (nSPS) is 27.9. The molecule has 0 bridgehead atoms. The molecule has 0 amide bonds. The molecule has 5 nitrogen and oxygen atoms in total. The summed E-state index contributed by atoms with van der Waals surface area (Å²) in [7, 11) is 0. The fourth-order valence-electron chi connectivity index (χ4n) is 2.46. The van der Waals surface area contributed by atoms with Crippen LogP contribution in [0.3, 0.4) is 0 Å². The van der Waals surface area contributed by atoms with Crippen molar-refractivity contribution in [1.82, 2.24) is 9.97 Å². The number of nitrogens with two attached hydrogens (primary N) is 1. The van der Waals surface area contributed by atoms with Crippen LogP contribution in [0.1, 0.15) is 38.7 Å². The highest BCUT2D eigenvalue weighted by atomic mass is 16.5. The Bertz CT molecular complexity index is 410. The van der Waals surface area contributed by atoms with Gasteiger partial charge in [0.2, 0.25) is 5.88 Å². The van der Waals surface area contributed by atoms with Gasteiger partial charge in [-0.2, -0.15) is 0 Å². The van der Waals surface area contributed by atoms with Gasteiger partial charge in [0, 0.05) is 0 Å². The van der Waals surface area contributed by atoms with Crippen molar-refractivity contribution in [1.29, 1.82) is 0 Å². The zero-order valence-corrected chi connectivity index (χ0v) is 11.3. The first-order chi connectivity index (χ1) is 8.61. The number of aromatic nitrogens is 2. The third kappa shape index (κ3) is 2.72. The molecule has 3 N–H and O–H groups in total. The summed E-state index contributed by atoms with van der Waals surface area (Å²) in [5.74, 6) is 8.16. The number of hydrazine groups is 1. The molecule has 3 unspecified atom stereocenters. The number of nitrogens with one attached hydrogen (secondary N) is 1. The molecular formula is C13H22N4O. The van der Waals surface area contributed by atoms with Crippen LogP contribution in [0.4, 0.5) is 5.82 Å². The van der Waals surface area contributed by atoms with Gasteiger partial charge < -0.3 is 10.2 Å². The average molecular weight is 250 g/mol. The van der Waals surface area contributed by atoms with Crippen LogP contribution in [-0.4, -0.2) is 16.1 Å². The van der Waals surface area contributed by atoms with E-state index in [4.69, 9.17) is 10.6 Å². The highest BCUT2D eigenvalue weighted by Crippen LogP contribution is 2.32. The molecule has 1 aliphatic rings. The largest absolute Gasteiger partial charge is 0.474 e. The maximum Gasteiger partial charge on any atom is 0.221 e. The van der Waals surface area contributed by atoms with Gasteiger partial charge >= 0.3 is 0 Å². The van der Waals surface area contributed by atoms with Gasteiger partial charge in [-0.25, -0.2) is 15.8 Å². The number of anilines is 1. The zero-order valence-electron chi connectivity index (χ0n) is 11.3. The number of nitrogens with zero attached hydrogens (tertiary/aromatic N) is 2. The van der Waals surface area contributed by atoms with Gasteiger partial charge in [-0.15, -0.1) is 0 Å². The summed E-state index contributed by atoms with van der Waals surface area (Å²) in [5, 5.41) is 0. The van der Waals surface area contributed by atoms with Crippen LogP contribution in [0.15, 0.2) is 6.33 Å². The summed E-state index contributed by atoms with van der Waals surface area (Å²) in [6, 6.07) is 0. The Morgan fingerprint density at radius 3 is 2.72 bits per heavy atom. The lowest BCUT2D eigenvalue weighted by Crippen LogP contribution is -2.29. The molecule has 1 aliphatic carbocycles. The fraction of sp³-hybridized carbons (Fsp3) is 0.692. The lowest BCUT2D eigenvalue weighted by atomic mass is 9.80. The van der Waals surface area contributed by atoms with E-state index in [2.05, 4.69) is 29.2 Å². The van der Waals surface area contributed by atoms with Gasteiger partial charge in [0.1, 0.15) is 18.2 Å². The summed E-state index contributed by atoms with van der Waals surface area (Å²) < 4.78 is 6.00. The fourth-order valence-corrected chi connectivity index (χ4v) is 2.46. The first kappa shape index (κ1) is 13.1. The van der Waals surface area contributed by atoms with E-state index in [1.165, 1.54) is 12.7 Å². The smallest absolute Gasteiger partial charge is 0.221 e. The van der Waals surface area contributed by atoms with Crippen molar-refractivity contribution >= 4 is 5.82 Å². The molecular weight excluding hydrogens is 228 g/mol. The minimum atomic E-state index is 0.260. The van der Waals surface area contributed by atoms with Crippen molar-refractivity contribution in [2.24, 2.45) is 17.7 Å². The third-order valence-electron chi connectivity index (χ3n) is 4.00. The lowest BCUT2D eigenvalue weighted by Gasteiger charge is -2.32. The summed E-state index contributed by atoms with van der Waals surface area (Å²) in [4.78, 5) is 8.25. The minimum absolute atomic E-state index is 0.260. The van der Waals surface area contributed by atoms with E-state index in [0.717, 1.165) is 24.3 Å². The second-order valence-electron chi connectivity index (χ2n) is 5.30. The van der Waals surface area contributed by atoms with Gasteiger partial charge in [0.15, 0.2) is 0 Å². The van der Waals surface area contributed by atoms with Gasteiger partial charge in [-0.3, -0.25) is 0 Å². The Hall–Kier alpha value is -1.36. The number of ether oxygens (including phenoxy) is 1. The molecule has 0 aromatic carbocycles. The lowest BCUT2D eigenvalue weighted by molar-refractivity contribution is 0.0957. The second kappa shape index (κ2) is 5.52. The molecule has 1 fully saturated rings. The summed E-state index contributed by atoms with van der Waals surface area (Å²) in [5.41, 5.74) is 3.42. The third-order valence-corrected chi connectivity index (χ3v) is 4.00. The minimum Gasteiger partial charge on any atom is -0.474 e. The number of hydrogen-bond acceptors (Lipinski definition) is 5. The molecule has 18 heavy (non-hydrogen) atoms. The van der Waals surface area contributed by atoms with Gasteiger partial charge in [-0.05, 0) is 38.0 Å². The van der Waals surface area contributed by atoms with E-state index in [-0.39, 0.29) is 6.10 Å². The maximum absolute atomic E-state index is 6.00. The Balaban J connectivity index is 2.06. The van der Waals surface area contributed by atoms with Crippen LogP contribution in [0.2, 0.25) is 0 Å². The summed E-state index contributed by atoms with van der Waals surface area (Å²) >= 11 is 0. The molecule has 0 radical (unpaired) electrons. The predicted octanol–water partition coefficient (Wildman–Crippen LogP) is 2.27. The van der Waals surface area contributed by atoms with Crippen molar-refractivity contribution in [3.63, 3.8) is 0 Å². The van der Waals surface area contributed by atoms with E-state index in [9.17, 15) is 0 Å². The number of hydrogen-bond donors (Lipinski definition) is 2. The predicted molar refractivity (Wildman–Crippen MR) is 71.2 cm³/mol. The SMILES string of the molecule is Cc1c(NN)ncnc1OC1CCC(C)C(C)C1. The zero-order chi connectivity index (χ0) is 13.1. The van der Waals surface area contributed by atoms with Crippen molar-refractivity contribution in [2.75, 3.05) is 5.43 Å². The molecule has 0 saturated heterocycles. The molecule has 5 heteroatoms. The highest BCUT2D eigenvalue weighted by Gasteiger charge is 2.26. The molecule has 0 spiro atoms. The van der Waals surface area contributed by atoms with Crippen molar-refractivity contribution < 1.29 is 4.74 Å². The molecule has 0 aliphatic heterocycles. The van der Waals surface area contributed by atoms with Gasteiger partial charge in [-0.1, -0.05) is 13.8 Å². The molecule has 2 rings (SSSR count). The van der Waals surface area contributed by atoms with Gasteiger partial charge in [0.05, 0.1) is 5.56 Å². The van der Waals surface area contributed by atoms with E-state index in [0.29, 0.717) is 17.6 Å². The van der Waals surface area contributed by atoms with Crippen LogP contribution in [0.25, 0.3) is 0 Å². The quantitative estimate of drug-likeness (QED) is 0.636. The van der Waals surface area contributed by atoms with Crippen LogP contribution < -0.4 is 16.0 Å². The van der Waals surface area contributed by atoms with Crippen LogP contribution in [-0.2, 0) is 0 Å². The van der Waals surface area contributed by atoms with E-state index >= 15 is 0 Å². The van der Waals surface area contributed by atoms with E-state index in [1.54, 1.807) is 0 Å². The Kier molecular flexibility index (Phi) is 4.01. The van der Waals surface area contributed by atoms with Crippen LogP contribution in [0.5, 0.6) is 5.88 Å². The topological polar surface area (TPSA) is 73.1 Å². The van der Waals surface area contributed by atoms with Crippen molar-refractivity contribution in [3.8, 4) is 5.88 Å². The average Bonchev–Trinajstić information content (AvgIpc) is 2.36. The molecule has 1 aromatic rings. The summed E-state index contributed by atoms with van der Waals surface area (Å²) in [6.07, 6.45) is 5.15. The van der Waals surface area contributed by atoms with Crippen molar-refractivity contribution in [3.05, 3.63) is 11.9 Å². The molecule has 1 heterocycles. The van der Waals surface area contributed by atoms with Crippen molar-refractivity contribution in [2.45, 2.75) is 46.1 Å². The molecule has 3 atom stereocenters. The maximum atomic E-state index is 6.00. The number of nitrogen functional groups attached to an aromatic ring is 1. The summed E-state index contributed by atoms with van der Waals surface area (Å²) in [6.45, 7) is 6.52. The first-order valence-corrected chi connectivity index (χ1v) is 6.56. The molecule has 1 saturated carbocycles. The Morgan fingerprint density at radius 2 is 2.06 bits per heavy atom. The van der Waals surface area contributed by atoms with E-state index in [1.807, 2.05) is 6.92 Å². The molecule has 1 aromatic heterocycles. The first-order valence-electron chi connectivity index (χ1n) is 6.56. The van der Waals surface area contributed by atoms with Crippen LogP contribution in [0, 0.1) is 18.8 Å². The van der Waals surface area contributed by atoms with Gasteiger partial charge in [0.25, 0.3) is 0 Å². The number of rotatable bonds is 3. The second-order valence-corrected chi connectivity index (χ2v) is 5.30. The standard InChI is InChI=1S/C13H22N4O/c1-8-4-5-11(6-9(8)2)18-13-10(3)12(17-14)15-7-16-13/h7-9,11H,4-6,14H2,1-3H3,(H,15,16,17). The van der Waals surface area contributed by atoms with Crippen LogP contribution >= 0.6 is 0 Å².